The second kappa shape index (κ2) is 4.55. The summed E-state index contributed by atoms with van der Waals surface area (Å²) in [5.74, 6) is 0.250. The fourth-order valence-electron chi connectivity index (χ4n) is 1.78. The molecule has 1 heterocycles. The molecule has 0 spiro atoms. The van der Waals surface area contributed by atoms with Crippen molar-refractivity contribution in [1.82, 2.24) is 15.5 Å². The quantitative estimate of drug-likeness (QED) is 0.713. The summed E-state index contributed by atoms with van der Waals surface area (Å²) in [6, 6.07) is 0. The molecule has 0 saturated carbocycles. The van der Waals surface area contributed by atoms with Crippen LogP contribution in [0.15, 0.2) is 11.9 Å². The average molecular weight is 211 g/mol. The molecule has 86 valence electrons. The van der Waals surface area contributed by atoms with Crippen LogP contribution in [-0.2, 0) is 4.79 Å². The third kappa shape index (κ3) is 2.64. The van der Waals surface area contributed by atoms with Crippen LogP contribution in [0.2, 0.25) is 0 Å². The molecule has 1 rings (SSSR count). The van der Waals surface area contributed by atoms with Gasteiger partial charge in [0.2, 0.25) is 5.91 Å². The Kier molecular flexibility index (Phi) is 3.61. The number of amides is 1. The molecule has 0 radical (unpaired) electrons. The van der Waals surface area contributed by atoms with Gasteiger partial charge in [-0.15, -0.1) is 0 Å². The van der Waals surface area contributed by atoms with E-state index >= 15 is 0 Å². The lowest BCUT2D eigenvalue weighted by Gasteiger charge is -2.20. The third-order valence-electron chi connectivity index (χ3n) is 2.87. The normalized spacial score (nSPS) is 20.7. The summed E-state index contributed by atoms with van der Waals surface area (Å²) in [6.07, 6.45) is 2.83. The second-order valence-corrected chi connectivity index (χ2v) is 4.57. The van der Waals surface area contributed by atoms with Gasteiger partial charge in [-0.1, -0.05) is 13.8 Å². The molecule has 0 aromatic heterocycles. The third-order valence-corrected chi connectivity index (χ3v) is 2.87. The fraction of sp³-hybridized carbons (Fsp3) is 0.727. The molecule has 1 saturated heterocycles. The molecular weight excluding hydrogens is 190 g/mol. The zero-order valence-corrected chi connectivity index (χ0v) is 10.1. The van der Waals surface area contributed by atoms with Gasteiger partial charge in [0.05, 0.1) is 6.54 Å². The first-order chi connectivity index (χ1) is 7.01. The molecule has 4 nitrogen and oxygen atoms in total. The number of carbonyl (C=O) groups excluding carboxylic acids is 1. The summed E-state index contributed by atoms with van der Waals surface area (Å²) < 4.78 is 0. The zero-order valence-electron chi connectivity index (χ0n) is 10.1. The number of nitrogens with zero attached hydrogens (tertiary/aromatic N) is 1. The van der Waals surface area contributed by atoms with Crippen LogP contribution in [0.4, 0.5) is 0 Å². The molecule has 1 fully saturated rings. The maximum atomic E-state index is 11.9. The minimum absolute atomic E-state index is 0.182. The molecule has 0 bridgehead atoms. The first-order valence-corrected chi connectivity index (χ1v) is 5.34. The van der Waals surface area contributed by atoms with Gasteiger partial charge in [-0.2, -0.15) is 0 Å². The Morgan fingerprint density at radius 1 is 1.53 bits per heavy atom. The molecule has 0 unspecified atom stereocenters. The van der Waals surface area contributed by atoms with Crippen LogP contribution in [0.5, 0.6) is 0 Å². The number of carbonyl (C=O) groups is 1. The van der Waals surface area contributed by atoms with Gasteiger partial charge in [-0.25, -0.2) is 0 Å². The van der Waals surface area contributed by atoms with E-state index < -0.39 is 0 Å². The molecule has 15 heavy (non-hydrogen) atoms. The standard InChI is InChI=1S/C11H21N3O/c1-11(2)5-6-14(10(11)15)8-9(13-4)7-12-3/h7,12-13H,5-6,8H2,1-4H3/b9-7+. The number of rotatable bonds is 4. The number of likely N-dealkylation sites (N-methyl/N-ethyl adjacent to an activating group) is 1. The highest BCUT2D eigenvalue weighted by atomic mass is 16.2. The van der Waals surface area contributed by atoms with Crippen molar-refractivity contribution in [2.75, 3.05) is 27.2 Å². The number of likely N-dealkylation sites (tertiary alicyclic amines) is 1. The van der Waals surface area contributed by atoms with Gasteiger partial charge >= 0.3 is 0 Å². The van der Waals surface area contributed by atoms with Gasteiger partial charge in [0, 0.05) is 38.0 Å². The van der Waals surface area contributed by atoms with Crippen LogP contribution in [0.1, 0.15) is 20.3 Å². The summed E-state index contributed by atoms with van der Waals surface area (Å²) in [5, 5.41) is 6.05. The van der Waals surface area contributed by atoms with E-state index in [1.807, 2.05) is 39.0 Å². The van der Waals surface area contributed by atoms with Gasteiger partial charge in [0.25, 0.3) is 0 Å². The first kappa shape index (κ1) is 11.9. The van der Waals surface area contributed by atoms with Crippen molar-refractivity contribution >= 4 is 5.91 Å². The lowest BCUT2D eigenvalue weighted by molar-refractivity contribution is -0.134. The minimum atomic E-state index is -0.182. The highest BCUT2D eigenvalue weighted by molar-refractivity contribution is 5.84. The number of hydrogen-bond acceptors (Lipinski definition) is 3. The lowest BCUT2D eigenvalue weighted by atomic mass is 9.92. The van der Waals surface area contributed by atoms with Crippen molar-refractivity contribution in [3.8, 4) is 0 Å². The average Bonchev–Trinajstić information content (AvgIpc) is 2.44. The first-order valence-electron chi connectivity index (χ1n) is 5.34. The summed E-state index contributed by atoms with van der Waals surface area (Å²) >= 11 is 0. The number of nitrogens with one attached hydrogen (secondary N) is 2. The van der Waals surface area contributed by atoms with Crippen LogP contribution in [-0.4, -0.2) is 38.0 Å². The number of hydrogen-bond donors (Lipinski definition) is 2. The summed E-state index contributed by atoms with van der Waals surface area (Å²) in [5.41, 5.74) is 0.849. The molecule has 0 aromatic carbocycles. The predicted molar refractivity (Wildman–Crippen MR) is 61.2 cm³/mol. The zero-order chi connectivity index (χ0) is 11.5. The SMILES string of the molecule is CN/C=C(\CN1CCC(C)(C)C1=O)NC. The summed E-state index contributed by atoms with van der Waals surface area (Å²) in [4.78, 5) is 13.8. The second-order valence-electron chi connectivity index (χ2n) is 4.57. The summed E-state index contributed by atoms with van der Waals surface area (Å²) in [6.45, 7) is 5.54. The lowest BCUT2D eigenvalue weighted by Crippen LogP contribution is -2.34. The Hall–Kier alpha value is -1.19. The maximum absolute atomic E-state index is 11.9. The Labute approximate surface area is 91.7 Å². The molecule has 2 N–H and O–H groups in total. The van der Waals surface area contributed by atoms with E-state index in [0.717, 1.165) is 18.7 Å². The minimum Gasteiger partial charge on any atom is -0.393 e. The molecule has 1 aliphatic heterocycles. The van der Waals surface area contributed by atoms with E-state index in [1.54, 1.807) is 0 Å². The van der Waals surface area contributed by atoms with E-state index in [4.69, 9.17) is 0 Å². The molecular formula is C11H21N3O. The Bertz CT molecular complexity index is 271. The monoisotopic (exact) mass is 211 g/mol. The fourth-order valence-corrected chi connectivity index (χ4v) is 1.78. The van der Waals surface area contributed by atoms with Crippen LogP contribution in [0, 0.1) is 5.41 Å². The largest absolute Gasteiger partial charge is 0.393 e. The smallest absolute Gasteiger partial charge is 0.228 e. The van der Waals surface area contributed by atoms with Crippen LogP contribution < -0.4 is 10.6 Å². The van der Waals surface area contributed by atoms with Crippen LogP contribution in [0.3, 0.4) is 0 Å². The Balaban J connectivity index is 2.61. The Morgan fingerprint density at radius 3 is 2.60 bits per heavy atom. The van der Waals surface area contributed by atoms with Gasteiger partial charge in [-0.3, -0.25) is 4.79 Å². The van der Waals surface area contributed by atoms with Gasteiger partial charge in [0.1, 0.15) is 0 Å². The van der Waals surface area contributed by atoms with E-state index in [2.05, 4.69) is 10.6 Å². The maximum Gasteiger partial charge on any atom is 0.228 e. The van der Waals surface area contributed by atoms with Crippen molar-refractivity contribution in [3.63, 3.8) is 0 Å². The highest BCUT2D eigenvalue weighted by Crippen LogP contribution is 2.30. The van der Waals surface area contributed by atoms with Crippen LogP contribution >= 0.6 is 0 Å². The summed E-state index contributed by atoms with van der Waals surface area (Å²) in [7, 11) is 3.72. The topological polar surface area (TPSA) is 44.4 Å². The van der Waals surface area contributed by atoms with E-state index in [0.29, 0.717) is 6.54 Å². The van der Waals surface area contributed by atoms with E-state index in [9.17, 15) is 4.79 Å². The van der Waals surface area contributed by atoms with Crippen molar-refractivity contribution in [1.29, 1.82) is 0 Å². The molecule has 0 atom stereocenters. The van der Waals surface area contributed by atoms with Gasteiger partial charge < -0.3 is 15.5 Å². The molecule has 0 aromatic rings. The van der Waals surface area contributed by atoms with Crippen molar-refractivity contribution in [2.45, 2.75) is 20.3 Å². The van der Waals surface area contributed by atoms with Crippen LogP contribution in [0.25, 0.3) is 0 Å². The molecule has 1 aliphatic rings. The van der Waals surface area contributed by atoms with E-state index in [1.165, 1.54) is 0 Å². The Morgan fingerprint density at radius 2 is 2.20 bits per heavy atom. The van der Waals surface area contributed by atoms with Gasteiger partial charge in [0.15, 0.2) is 0 Å². The van der Waals surface area contributed by atoms with E-state index in [-0.39, 0.29) is 11.3 Å². The van der Waals surface area contributed by atoms with Crippen molar-refractivity contribution < 1.29 is 4.79 Å². The molecule has 4 heteroatoms. The molecule has 0 aliphatic carbocycles. The van der Waals surface area contributed by atoms with Crippen molar-refractivity contribution in [3.05, 3.63) is 11.9 Å². The van der Waals surface area contributed by atoms with Crippen molar-refractivity contribution in [2.24, 2.45) is 5.41 Å². The van der Waals surface area contributed by atoms with Gasteiger partial charge in [-0.05, 0) is 6.42 Å². The molecule has 1 amide bonds. The highest BCUT2D eigenvalue weighted by Gasteiger charge is 2.38. The predicted octanol–water partition coefficient (Wildman–Crippen LogP) is 0.525.